The maximum Gasteiger partial charge on any atom is 0.311 e. The van der Waals surface area contributed by atoms with Crippen molar-refractivity contribution in [2.24, 2.45) is 5.73 Å². The van der Waals surface area contributed by atoms with Gasteiger partial charge in [0.15, 0.2) is 5.75 Å². The molecule has 0 bridgehead atoms. The van der Waals surface area contributed by atoms with Gasteiger partial charge >= 0.3 is 5.69 Å². The molecule has 0 spiro atoms. The summed E-state index contributed by atoms with van der Waals surface area (Å²) in [6.07, 6.45) is 3.88. The molecule has 1 amide bonds. The molecule has 7 nitrogen and oxygen atoms in total. The highest BCUT2D eigenvalue weighted by Gasteiger charge is 2.28. The van der Waals surface area contributed by atoms with Crippen molar-refractivity contribution in [1.29, 1.82) is 0 Å². The first-order valence-electron chi connectivity index (χ1n) is 6.95. The Morgan fingerprint density at radius 2 is 2.14 bits per heavy atom. The normalized spacial score (nSPS) is 21.8. The lowest BCUT2D eigenvalue weighted by molar-refractivity contribution is -0.386. The van der Waals surface area contributed by atoms with Crippen LogP contribution in [0.4, 0.5) is 5.69 Å². The molecule has 1 aromatic rings. The van der Waals surface area contributed by atoms with Crippen molar-refractivity contribution < 1.29 is 14.5 Å². The maximum atomic E-state index is 11.1. The predicted molar refractivity (Wildman–Crippen MR) is 77.3 cm³/mol. The van der Waals surface area contributed by atoms with E-state index < -0.39 is 10.8 Å². The highest BCUT2D eigenvalue weighted by atomic mass is 16.6. The summed E-state index contributed by atoms with van der Waals surface area (Å²) >= 11 is 0. The summed E-state index contributed by atoms with van der Waals surface area (Å²) in [6.45, 7) is 0. The lowest BCUT2D eigenvalue weighted by atomic mass is 9.92. The van der Waals surface area contributed by atoms with E-state index in [-0.39, 0.29) is 29.1 Å². The Morgan fingerprint density at radius 3 is 2.76 bits per heavy atom. The van der Waals surface area contributed by atoms with Crippen molar-refractivity contribution in [3.05, 3.63) is 33.9 Å². The van der Waals surface area contributed by atoms with Crippen LogP contribution < -0.4 is 15.8 Å². The highest BCUT2D eigenvalue weighted by Crippen LogP contribution is 2.31. The quantitative estimate of drug-likeness (QED) is 0.633. The number of nitrogens with zero attached hydrogens (tertiary/aromatic N) is 1. The molecule has 2 unspecified atom stereocenters. The number of nitro groups is 1. The van der Waals surface area contributed by atoms with Crippen LogP contribution in [0.1, 0.15) is 36.0 Å². The average Bonchev–Trinajstić information content (AvgIpc) is 2.47. The second kappa shape index (κ2) is 6.53. The molecule has 1 aromatic carbocycles. The number of primary amides is 1. The molecular formula is C14H19N3O4. The van der Waals surface area contributed by atoms with Gasteiger partial charge in [0.1, 0.15) is 6.10 Å². The van der Waals surface area contributed by atoms with Crippen molar-refractivity contribution >= 4 is 11.6 Å². The summed E-state index contributed by atoms with van der Waals surface area (Å²) < 4.78 is 5.83. The fourth-order valence-corrected chi connectivity index (χ4v) is 2.64. The first kappa shape index (κ1) is 15.2. The van der Waals surface area contributed by atoms with Crippen LogP contribution in [-0.2, 0) is 0 Å². The van der Waals surface area contributed by atoms with E-state index in [0.717, 1.165) is 31.7 Å². The van der Waals surface area contributed by atoms with Gasteiger partial charge in [-0.15, -0.1) is 0 Å². The number of ether oxygens (including phenoxy) is 1. The van der Waals surface area contributed by atoms with E-state index in [1.54, 1.807) is 0 Å². The van der Waals surface area contributed by atoms with Gasteiger partial charge in [-0.2, -0.15) is 0 Å². The summed E-state index contributed by atoms with van der Waals surface area (Å²) in [5, 5.41) is 14.3. The topological polar surface area (TPSA) is 107 Å². The van der Waals surface area contributed by atoms with Crippen LogP contribution in [0, 0.1) is 10.1 Å². The zero-order valence-electron chi connectivity index (χ0n) is 11.9. The Hall–Kier alpha value is -2.15. The third-order valence-electron chi connectivity index (χ3n) is 3.79. The van der Waals surface area contributed by atoms with E-state index in [1.807, 2.05) is 7.05 Å². The number of hydrogen-bond acceptors (Lipinski definition) is 5. The lowest BCUT2D eigenvalue weighted by Crippen LogP contribution is -2.43. The van der Waals surface area contributed by atoms with Crippen LogP contribution in [-0.4, -0.2) is 30.0 Å². The van der Waals surface area contributed by atoms with Gasteiger partial charge in [0, 0.05) is 17.7 Å². The second-order valence-electron chi connectivity index (χ2n) is 5.14. The molecule has 0 heterocycles. The number of likely N-dealkylation sites (N-methyl/N-ethyl adjacent to an activating group) is 1. The highest BCUT2D eigenvalue weighted by molar-refractivity contribution is 5.93. The number of carbonyl (C=O) groups is 1. The monoisotopic (exact) mass is 293 g/mol. The molecule has 2 rings (SSSR count). The van der Waals surface area contributed by atoms with Crippen molar-refractivity contribution in [2.75, 3.05) is 7.05 Å². The summed E-state index contributed by atoms with van der Waals surface area (Å²) in [6, 6.07) is 4.23. The fourth-order valence-electron chi connectivity index (χ4n) is 2.64. The lowest BCUT2D eigenvalue weighted by Gasteiger charge is -2.31. The molecule has 1 aliphatic rings. The number of benzene rings is 1. The van der Waals surface area contributed by atoms with Gasteiger partial charge in [-0.05, 0) is 38.4 Å². The minimum atomic E-state index is -0.699. The van der Waals surface area contributed by atoms with Gasteiger partial charge in [-0.1, -0.05) is 6.42 Å². The number of rotatable bonds is 5. The average molecular weight is 293 g/mol. The van der Waals surface area contributed by atoms with Crippen molar-refractivity contribution in [2.45, 2.75) is 37.8 Å². The molecule has 21 heavy (non-hydrogen) atoms. The van der Waals surface area contributed by atoms with E-state index in [2.05, 4.69) is 5.32 Å². The van der Waals surface area contributed by atoms with E-state index in [1.165, 1.54) is 12.1 Å². The number of hydrogen-bond donors (Lipinski definition) is 2. The SMILES string of the molecule is CNC1CCCCC1Oc1ccc(C(N)=O)cc1[N+](=O)[O-]. The van der Waals surface area contributed by atoms with Crippen molar-refractivity contribution in [1.82, 2.24) is 5.32 Å². The summed E-state index contributed by atoms with van der Waals surface area (Å²) in [5.74, 6) is -0.521. The summed E-state index contributed by atoms with van der Waals surface area (Å²) in [4.78, 5) is 21.7. The van der Waals surface area contributed by atoms with E-state index in [4.69, 9.17) is 10.5 Å². The Labute approximate surface area is 122 Å². The van der Waals surface area contributed by atoms with Crippen LogP contribution in [0.5, 0.6) is 5.75 Å². The third kappa shape index (κ3) is 3.49. The Morgan fingerprint density at radius 1 is 1.43 bits per heavy atom. The standard InChI is InChI=1S/C14H19N3O4/c1-16-10-4-2-3-5-12(10)21-13-7-6-9(14(15)18)8-11(13)17(19)20/h6-8,10,12,16H,2-5H2,1H3,(H2,15,18). The molecule has 7 heteroatoms. The minimum absolute atomic E-state index is 0.0999. The second-order valence-corrected chi connectivity index (χ2v) is 5.14. The smallest absolute Gasteiger partial charge is 0.311 e. The summed E-state index contributed by atoms with van der Waals surface area (Å²) in [5.41, 5.74) is 5.02. The number of nitrogens with two attached hydrogens (primary N) is 1. The van der Waals surface area contributed by atoms with Gasteiger partial charge in [0.2, 0.25) is 5.91 Å². The molecule has 114 valence electrons. The van der Waals surface area contributed by atoms with Gasteiger partial charge in [0.05, 0.1) is 4.92 Å². The van der Waals surface area contributed by atoms with Crippen molar-refractivity contribution in [3.8, 4) is 5.75 Å². The first-order chi connectivity index (χ1) is 10.0. The van der Waals surface area contributed by atoms with Gasteiger partial charge in [-0.3, -0.25) is 14.9 Å². The zero-order valence-corrected chi connectivity index (χ0v) is 11.9. The number of carbonyl (C=O) groups excluding carboxylic acids is 1. The minimum Gasteiger partial charge on any atom is -0.482 e. The van der Waals surface area contributed by atoms with Gasteiger partial charge in [-0.25, -0.2) is 0 Å². The van der Waals surface area contributed by atoms with Crippen molar-refractivity contribution in [3.63, 3.8) is 0 Å². The third-order valence-corrected chi connectivity index (χ3v) is 3.79. The Balaban J connectivity index is 2.26. The van der Waals surface area contributed by atoms with Crippen LogP contribution in [0.15, 0.2) is 18.2 Å². The largest absolute Gasteiger partial charge is 0.482 e. The molecule has 0 radical (unpaired) electrons. The van der Waals surface area contributed by atoms with Crippen LogP contribution in [0.2, 0.25) is 0 Å². The molecule has 1 fully saturated rings. The molecule has 0 aliphatic heterocycles. The van der Waals surface area contributed by atoms with E-state index >= 15 is 0 Å². The number of amides is 1. The fraction of sp³-hybridized carbons (Fsp3) is 0.500. The Kier molecular flexibility index (Phi) is 4.74. The zero-order chi connectivity index (χ0) is 15.4. The first-order valence-corrected chi connectivity index (χ1v) is 6.95. The van der Waals surface area contributed by atoms with Crippen LogP contribution in [0.25, 0.3) is 0 Å². The summed E-state index contributed by atoms with van der Waals surface area (Å²) in [7, 11) is 1.86. The molecule has 0 saturated heterocycles. The van der Waals surface area contributed by atoms with E-state index in [0.29, 0.717) is 0 Å². The molecule has 0 aromatic heterocycles. The maximum absolute atomic E-state index is 11.1. The number of nitrogens with one attached hydrogen (secondary N) is 1. The van der Waals surface area contributed by atoms with Gasteiger partial charge in [0.25, 0.3) is 0 Å². The van der Waals surface area contributed by atoms with E-state index in [9.17, 15) is 14.9 Å². The Bertz CT molecular complexity index is 547. The van der Waals surface area contributed by atoms with Crippen LogP contribution >= 0.6 is 0 Å². The molecule has 1 aliphatic carbocycles. The molecule has 1 saturated carbocycles. The predicted octanol–water partition coefficient (Wildman–Crippen LogP) is 1.60. The molecule has 2 atom stereocenters. The van der Waals surface area contributed by atoms with Crippen LogP contribution in [0.3, 0.4) is 0 Å². The number of nitro benzene ring substituents is 1. The molecular weight excluding hydrogens is 274 g/mol. The molecule has 3 N–H and O–H groups in total. The van der Waals surface area contributed by atoms with Gasteiger partial charge < -0.3 is 15.8 Å².